The Labute approximate surface area is 96.4 Å². The summed E-state index contributed by atoms with van der Waals surface area (Å²) < 4.78 is 0. The quantitative estimate of drug-likeness (QED) is 0.843. The van der Waals surface area contributed by atoms with Gasteiger partial charge in [0.1, 0.15) is 0 Å². The number of carbonyl (C=O) groups excluding carboxylic acids is 1. The van der Waals surface area contributed by atoms with Crippen molar-refractivity contribution in [3.05, 3.63) is 30.3 Å². The average Bonchev–Trinajstić information content (AvgIpc) is 2.61. The van der Waals surface area contributed by atoms with E-state index in [-0.39, 0.29) is 11.8 Å². The van der Waals surface area contributed by atoms with Crippen molar-refractivity contribution in [1.82, 2.24) is 5.43 Å². The van der Waals surface area contributed by atoms with Crippen LogP contribution in [0.1, 0.15) is 20.3 Å². The second kappa shape index (κ2) is 4.56. The maximum absolute atomic E-state index is 11.7. The van der Waals surface area contributed by atoms with Gasteiger partial charge in [-0.2, -0.15) is 0 Å². The topological polar surface area (TPSA) is 32.3 Å². The van der Waals surface area contributed by atoms with Crippen LogP contribution in [0.15, 0.2) is 30.3 Å². The smallest absolute Gasteiger partial charge is 0.243 e. The van der Waals surface area contributed by atoms with E-state index in [1.54, 1.807) is 0 Å². The fourth-order valence-corrected chi connectivity index (χ4v) is 2.10. The summed E-state index contributed by atoms with van der Waals surface area (Å²) in [6.45, 7) is 5.08. The number of rotatable bonds is 3. The summed E-state index contributed by atoms with van der Waals surface area (Å²) in [7, 11) is 0. The summed E-state index contributed by atoms with van der Waals surface area (Å²) in [6.07, 6.45) is 0.954. The van der Waals surface area contributed by atoms with Gasteiger partial charge in [-0.1, -0.05) is 32.0 Å². The summed E-state index contributed by atoms with van der Waals surface area (Å²) in [6, 6.07) is 9.97. The molecule has 2 rings (SSSR count). The third kappa shape index (κ3) is 2.35. The molecule has 1 aliphatic rings. The Kier molecular flexibility index (Phi) is 3.13. The zero-order chi connectivity index (χ0) is 11.5. The fourth-order valence-electron chi connectivity index (χ4n) is 2.10. The van der Waals surface area contributed by atoms with Gasteiger partial charge in [-0.05, 0) is 24.5 Å². The predicted octanol–water partition coefficient (Wildman–Crippen LogP) is 2.20. The van der Waals surface area contributed by atoms with Gasteiger partial charge in [0.15, 0.2) is 0 Å². The number of hydrogen-bond acceptors (Lipinski definition) is 2. The molecule has 1 aliphatic heterocycles. The van der Waals surface area contributed by atoms with E-state index in [4.69, 9.17) is 0 Å². The van der Waals surface area contributed by atoms with Crippen LogP contribution in [0.25, 0.3) is 0 Å². The van der Waals surface area contributed by atoms with E-state index in [9.17, 15) is 4.79 Å². The minimum atomic E-state index is 0.125. The Morgan fingerprint density at radius 1 is 1.38 bits per heavy atom. The first-order chi connectivity index (χ1) is 7.66. The predicted molar refractivity (Wildman–Crippen MR) is 64.9 cm³/mol. The number of hydrogen-bond donors (Lipinski definition) is 1. The van der Waals surface area contributed by atoms with Crippen molar-refractivity contribution in [3.63, 3.8) is 0 Å². The zero-order valence-electron chi connectivity index (χ0n) is 9.81. The molecule has 1 fully saturated rings. The van der Waals surface area contributed by atoms with Gasteiger partial charge in [-0.3, -0.25) is 15.2 Å². The molecule has 1 atom stereocenters. The Bertz CT molecular complexity index is 361. The SMILES string of the molecule is CC(C)CC1CN(c2ccccc2)NC1=O. The maximum Gasteiger partial charge on any atom is 0.243 e. The van der Waals surface area contributed by atoms with Gasteiger partial charge in [-0.15, -0.1) is 0 Å². The van der Waals surface area contributed by atoms with Crippen molar-refractivity contribution in [3.8, 4) is 0 Å². The Hall–Kier alpha value is -1.51. The highest BCUT2D eigenvalue weighted by Gasteiger charge is 2.30. The molecular formula is C13H18N2O. The van der Waals surface area contributed by atoms with E-state index in [0.29, 0.717) is 5.92 Å². The van der Waals surface area contributed by atoms with Crippen LogP contribution in [0.5, 0.6) is 0 Å². The van der Waals surface area contributed by atoms with Gasteiger partial charge in [-0.25, -0.2) is 0 Å². The summed E-state index contributed by atoms with van der Waals surface area (Å²) in [4.78, 5) is 11.7. The van der Waals surface area contributed by atoms with Gasteiger partial charge in [0.05, 0.1) is 18.2 Å². The maximum atomic E-state index is 11.7. The third-order valence-corrected chi connectivity index (χ3v) is 2.84. The van der Waals surface area contributed by atoms with Crippen LogP contribution in [0.2, 0.25) is 0 Å². The van der Waals surface area contributed by atoms with Crippen molar-refractivity contribution >= 4 is 11.6 Å². The summed E-state index contributed by atoms with van der Waals surface area (Å²) >= 11 is 0. The lowest BCUT2D eigenvalue weighted by molar-refractivity contribution is -0.122. The normalized spacial score (nSPS) is 20.3. The zero-order valence-corrected chi connectivity index (χ0v) is 9.81. The van der Waals surface area contributed by atoms with Gasteiger partial charge < -0.3 is 0 Å². The number of amides is 1. The van der Waals surface area contributed by atoms with Crippen molar-refractivity contribution in [2.75, 3.05) is 11.6 Å². The monoisotopic (exact) mass is 218 g/mol. The number of benzene rings is 1. The van der Waals surface area contributed by atoms with Crippen LogP contribution in [0.4, 0.5) is 5.69 Å². The highest BCUT2D eigenvalue weighted by molar-refractivity contribution is 5.84. The largest absolute Gasteiger partial charge is 0.285 e. The second-order valence-corrected chi connectivity index (χ2v) is 4.75. The third-order valence-electron chi connectivity index (χ3n) is 2.84. The number of anilines is 1. The van der Waals surface area contributed by atoms with Crippen molar-refractivity contribution in [2.45, 2.75) is 20.3 Å². The van der Waals surface area contributed by atoms with E-state index in [1.165, 1.54) is 0 Å². The Morgan fingerprint density at radius 3 is 2.69 bits per heavy atom. The Morgan fingerprint density at radius 2 is 2.06 bits per heavy atom. The van der Waals surface area contributed by atoms with Gasteiger partial charge in [0.2, 0.25) is 5.91 Å². The summed E-state index contributed by atoms with van der Waals surface area (Å²) in [5.74, 6) is 0.837. The van der Waals surface area contributed by atoms with Crippen LogP contribution >= 0.6 is 0 Å². The molecule has 1 aromatic rings. The lowest BCUT2D eigenvalue weighted by atomic mass is 9.97. The van der Waals surface area contributed by atoms with Crippen LogP contribution < -0.4 is 10.4 Å². The molecule has 1 aromatic carbocycles. The summed E-state index contributed by atoms with van der Waals surface area (Å²) in [5, 5.41) is 1.94. The number of nitrogens with zero attached hydrogens (tertiary/aromatic N) is 1. The number of nitrogens with one attached hydrogen (secondary N) is 1. The van der Waals surface area contributed by atoms with Gasteiger partial charge >= 0.3 is 0 Å². The molecule has 0 aromatic heterocycles. The molecule has 1 N–H and O–H groups in total. The first-order valence-corrected chi connectivity index (χ1v) is 5.80. The fraction of sp³-hybridized carbons (Fsp3) is 0.462. The molecule has 86 valence electrons. The standard InChI is InChI=1S/C13H18N2O/c1-10(2)8-11-9-15(14-13(11)16)12-6-4-3-5-7-12/h3-7,10-11H,8-9H2,1-2H3,(H,14,16). The van der Waals surface area contributed by atoms with Crippen LogP contribution in [0, 0.1) is 11.8 Å². The molecule has 1 unspecified atom stereocenters. The van der Waals surface area contributed by atoms with Gasteiger partial charge in [0, 0.05) is 0 Å². The van der Waals surface area contributed by atoms with Crippen molar-refractivity contribution < 1.29 is 4.79 Å². The summed E-state index contributed by atoms with van der Waals surface area (Å²) in [5.41, 5.74) is 3.98. The average molecular weight is 218 g/mol. The molecule has 0 saturated carbocycles. The van der Waals surface area contributed by atoms with Crippen molar-refractivity contribution in [2.24, 2.45) is 11.8 Å². The molecule has 16 heavy (non-hydrogen) atoms. The number of para-hydroxylation sites is 1. The highest BCUT2D eigenvalue weighted by Crippen LogP contribution is 2.22. The molecule has 0 aliphatic carbocycles. The molecule has 0 radical (unpaired) electrons. The lowest BCUT2D eigenvalue weighted by Crippen LogP contribution is -2.32. The number of carbonyl (C=O) groups is 1. The molecule has 1 amide bonds. The lowest BCUT2D eigenvalue weighted by Gasteiger charge is -2.17. The first kappa shape index (κ1) is 11.0. The minimum Gasteiger partial charge on any atom is -0.285 e. The second-order valence-electron chi connectivity index (χ2n) is 4.75. The Balaban J connectivity index is 2.04. The van der Waals surface area contributed by atoms with Crippen LogP contribution in [-0.2, 0) is 4.79 Å². The van der Waals surface area contributed by atoms with E-state index in [2.05, 4.69) is 19.3 Å². The molecule has 3 nitrogen and oxygen atoms in total. The molecule has 1 heterocycles. The van der Waals surface area contributed by atoms with E-state index >= 15 is 0 Å². The molecule has 1 saturated heterocycles. The van der Waals surface area contributed by atoms with E-state index < -0.39 is 0 Å². The van der Waals surface area contributed by atoms with Crippen LogP contribution in [0.3, 0.4) is 0 Å². The van der Waals surface area contributed by atoms with E-state index in [0.717, 1.165) is 18.7 Å². The first-order valence-electron chi connectivity index (χ1n) is 5.80. The minimum absolute atomic E-state index is 0.125. The number of hydrazine groups is 1. The molecule has 0 bridgehead atoms. The molecule has 3 heteroatoms. The van der Waals surface area contributed by atoms with Crippen LogP contribution in [-0.4, -0.2) is 12.5 Å². The van der Waals surface area contributed by atoms with Gasteiger partial charge in [0.25, 0.3) is 0 Å². The highest BCUT2D eigenvalue weighted by atomic mass is 16.2. The molecular weight excluding hydrogens is 200 g/mol. The molecule has 0 spiro atoms. The van der Waals surface area contributed by atoms with Crippen molar-refractivity contribution in [1.29, 1.82) is 0 Å². The van der Waals surface area contributed by atoms with E-state index in [1.807, 2.05) is 35.3 Å².